The topological polar surface area (TPSA) is 66.5 Å². The van der Waals surface area contributed by atoms with E-state index in [0.29, 0.717) is 11.3 Å². The number of benzene rings is 2. The summed E-state index contributed by atoms with van der Waals surface area (Å²) < 4.78 is 0. The Kier molecular flexibility index (Phi) is 3.95. The highest BCUT2D eigenvalue weighted by Crippen LogP contribution is 2.53. The number of carbonyl (C=O) groups excluding carboxylic acids is 3. The second-order valence-corrected chi connectivity index (χ2v) is 8.23. The maximum absolute atomic E-state index is 13.2. The van der Waals surface area contributed by atoms with Crippen LogP contribution in [-0.4, -0.2) is 17.7 Å². The SMILES string of the molecule is Cc1cccc(NC(=O)c2ccccc2N2C(=O)[C@@H]3[C@H](C2=O)[C@@H]2C=C[C@H]3C2)c1C. The molecular formula is C24H22N2O3. The second-order valence-electron chi connectivity index (χ2n) is 8.23. The molecule has 2 aromatic carbocycles. The quantitative estimate of drug-likeness (QED) is 0.643. The minimum absolute atomic E-state index is 0.141. The molecule has 2 bridgehead atoms. The fourth-order valence-electron chi connectivity index (χ4n) is 5.08. The van der Waals surface area contributed by atoms with E-state index in [1.807, 2.05) is 32.0 Å². The number of para-hydroxylation sites is 1. The fourth-order valence-corrected chi connectivity index (χ4v) is 5.08. The highest BCUT2D eigenvalue weighted by Gasteiger charge is 2.59. The van der Waals surface area contributed by atoms with E-state index in [2.05, 4.69) is 17.5 Å². The second kappa shape index (κ2) is 6.41. The Hall–Kier alpha value is -3.21. The van der Waals surface area contributed by atoms with Crippen LogP contribution in [0.2, 0.25) is 0 Å². The van der Waals surface area contributed by atoms with Gasteiger partial charge in [0.25, 0.3) is 5.91 Å². The number of hydrogen-bond acceptors (Lipinski definition) is 3. The first-order valence-electron chi connectivity index (χ1n) is 10.00. The monoisotopic (exact) mass is 386 g/mol. The van der Waals surface area contributed by atoms with E-state index in [1.165, 1.54) is 4.90 Å². The van der Waals surface area contributed by atoms with Crippen LogP contribution in [0.15, 0.2) is 54.6 Å². The molecule has 1 saturated carbocycles. The van der Waals surface area contributed by atoms with Crippen molar-refractivity contribution in [3.8, 4) is 0 Å². The van der Waals surface area contributed by atoms with Crippen LogP contribution in [0.5, 0.6) is 0 Å². The van der Waals surface area contributed by atoms with Crippen LogP contribution in [-0.2, 0) is 9.59 Å². The van der Waals surface area contributed by atoms with Gasteiger partial charge in [-0.25, -0.2) is 4.90 Å². The standard InChI is InChI=1S/C24H22N2O3/c1-13-6-5-8-18(14(13)2)25-22(27)17-7-3-4-9-19(17)26-23(28)20-15-10-11-16(12-15)21(20)24(26)29/h3-11,15-16,20-21H,12H2,1-2H3,(H,25,27)/t15-,16+,20-,21+. The van der Waals surface area contributed by atoms with E-state index < -0.39 is 0 Å². The zero-order valence-corrected chi connectivity index (χ0v) is 16.4. The smallest absolute Gasteiger partial charge is 0.257 e. The molecule has 3 amide bonds. The van der Waals surface area contributed by atoms with E-state index in [0.717, 1.165) is 23.2 Å². The summed E-state index contributed by atoms with van der Waals surface area (Å²) in [5.74, 6) is -0.967. The lowest BCUT2D eigenvalue weighted by molar-refractivity contribution is -0.123. The number of aryl methyl sites for hydroxylation is 1. The number of imide groups is 1. The molecule has 1 N–H and O–H groups in total. The molecule has 2 aliphatic carbocycles. The van der Waals surface area contributed by atoms with Gasteiger partial charge in [0.1, 0.15) is 0 Å². The number of rotatable bonds is 3. The molecule has 2 fully saturated rings. The van der Waals surface area contributed by atoms with Crippen molar-refractivity contribution >= 4 is 29.1 Å². The van der Waals surface area contributed by atoms with Gasteiger partial charge in [-0.2, -0.15) is 0 Å². The maximum atomic E-state index is 13.2. The summed E-state index contributed by atoms with van der Waals surface area (Å²) in [7, 11) is 0. The van der Waals surface area contributed by atoms with Crippen LogP contribution in [0.25, 0.3) is 0 Å². The number of allylic oxidation sites excluding steroid dienone is 2. The van der Waals surface area contributed by atoms with Crippen molar-refractivity contribution < 1.29 is 14.4 Å². The Bertz CT molecular complexity index is 1060. The molecule has 2 aromatic rings. The maximum Gasteiger partial charge on any atom is 0.257 e. The number of amides is 3. The summed E-state index contributed by atoms with van der Waals surface area (Å²) >= 11 is 0. The zero-order valence-electron chi connectivity index (χ0n) is 16.4. The van der Waals surface area contributed by atoms with Gasteiger partial charge in [-0.15, -0.1) is 0 Å². The molecular weight excluding hydrogens is 364 g/mol. The van der Waals surface area contributed by atoms with Crippen molar-refractivity contribution in [3.05, 3.63) is 71.3 Å². The van der Waals surface area contributed by atoms with Crippen LogP contribution >= 0.6 is 0 Å². The minimum Gasteiger partial charge on any atom is -0.322 e. The van der Waals surface area contributed by atoms with E-state index in [-0.39, 0.29) is 41.4 Å². The number of nitrogens with one attached hydrogen (secondary N) is 1. The van der Waals surface area contributed by atoms with Crippen molar-refractivity contribution in [1.29, 1.82) is 0 Å². The molecule has 29 heavy (non-hydrogen) atoms. The summed E-state index contributed by atoms with van der Waals surface area (Å²) in [4.78, 5) is 40.7. The van der Waals surface area contributed by atoms with Gasteiger partial charge in [0, 0.05) is 5.69 Å². The Labute approximate surface area is 169 Å². The number of fused-ring (bicyclic) bond motifs is 5. The summed E-state index contributed by atoms with van der Waals surface area (Å²) in [5, 5.41) is 2.94. The highest BCUT2D eigenvalue weighted by atomic mass is 16.2. The van der Waals surface area contributed by atoms with Crippen LogP contribution in [0.4, 0.5) is 11.4 Å². The lowest BCUT2D eigenvalue weighted by Gasteiger charge is -2.20. The lowest BCUT2D eigenvalue weighted by atomic mass is 9.85. The van der Waals surface area contributed by atoms with Crippen LogP contribution < -0.4 is 10.2 Å². The predicted octanol–water partition coefficient (Wildman–Crippen LogP) is 3.87. The van der Waals surface area contributed by atoms with Gasteiger partial charge in [-0.1, -0.05) is 36.4 Å². The molecule has 1 heterocycles. The molecule has 146 valence electrons. The number of nitrogens with zero attached hydrogens (tertiary/aromatic N) is 1. The van der Waals surface area contributed by atoms with Crippen molar-refractivity contribution in [1.82, 2.24) is 0 Å². The van der Waals surface area contributed by atoms with Gasteiger partial charge in [0.2, 0.25) is 11.8 Å². The van der Waals surface area contributed by atoms with Gasteiger partial charge in [-0.05, 0) is 61.4 Å². The van der Waals surface area contributed by atoms with Crippen molar-refractivity contribution in [2.24, 2.45) is 23.7 Å². The molecule has 0 spiro atoms. The van der Waals surface area contributed by atoms with Crippen LogP contribution in [0.3, 0.4) is 0 Å². The third kappa shape index (κ3) is 2.57. The molecule has 1 saturated heterocycles. The van der Waals surface area contributed by atoms with Crippen molar-refractivity contribution in [2.75, 3.05) is 10.2 Å². The number of anilines is 2. The van der Waals surface area contributed by atoms with Gasteiger partial charge in [0.15, 0.2) is 0 Å². The van der Waals surface area contributed by atoms with Gasteiger partial charge in [-0.3, -0.25) is 14.4 Å². The molecule has 5 rings (SSSR count). The molecule has 0 unspecified atom stereocenters. The number of carbonyl (C=O) groups is 3. The Morgan fingerprint density at radius 3 is 2.28 bits per heavy atom. The van der Waals surface area contributed by atoms with E-state index >= 15 is 0 Å². The highest BCUT2D eigenvalue weighted by molar-refractivity contribution is 6.25. The predicted molar refractivity (Wildman–Crippen MR) is 111 cm³/mol. The molecule has 5 nitrogen and oxygen atoms in total. The molecule has 0 radical (unpaired) electrons. The van der Waals surface area contributed by atoms with Crippen LogP contribution in [0.1, 0.15) is 27.9 Å². The van der Waals surface area contributed by atoms with E-state index in [1.54, 1.807) is 24.3 Å². The first kappa shape index (κ1) is 17.9. The summed E-state index contributed by atoms with van der Waals surface area (Å²) in [6.07, 6.45) is 5.02. The lowest BCUT2D eigenvalue weighted by Crippen LogP contribution is -2.34. The van der Waals surface area contributed by atoms with E-state index in [9.17, 15) is 14.4 Å². The largest absolute Gasteiger partial charge is 0.322 e. The molecule has 0 aromatic heterocycles. The Morgan fingerprint density at radius 2 is 1.59 bits per heavy atom. The average Bonchev–Trinajstić information content (AvgIpc) is 3.39. The molecule has 1 aliphatic heterocycles. The van der Waals surface area contributed by atoms with Crippen molar-refractivity contribution in [3.63, 3.8) is 0 Å². The molecule has 5 heteroatoms. The van der Waals surface area contributed by atoms with E-state index in [4.69, 9.17) is 0 Å². The average molecular weight is 386 g/mol. The zero-order chi connectivity index (χ0) is 20.3. The van der Waals surface area contributed by atoms with Gasteiger partial charge >= 0.3 is 0 Å². The van der Waals surface area contributed by atoms with Gasteiger partial charge in [0.05, 0.1) is 23.1 Å². The Balaban J connectivity index is 1.49. The molecule has 3 aliphatic rings. The van der Waals surface area contributed by atoms with Crippen molar-refractivity contribution in [2.45, 2.75) is 20.3 Å². The first-order valence-corrected chi connectivity index (χ1v) is 10.00. The van der Waals surface area contributed by atoms with Crippen LogP contribution in [0, 0.1) is 37.5 Å². The normalized spacial score (nSPS) is 26.9. The Morgan fingerprint density at radius 1 is 0.931 bits per heavy atom. The summed E-state index contributed by atoms with van der Waals surface area (Å²) in [5.41, 5.74) is 3.50. The summed E-state index contributed by atoms with van der Waals surface area (Å²) in [6.45, 7) is 3.94. The summed E-state index contributed by atoms with van der Waals surface area (Å²) in [6, 6.07) is 12.6. The third-order valence-corrected chi connectivity index (χ3v) is 6.71. The fraction of sp³-hybridized carbons (Fsp3) is 0.292. The van der Waals surface area contributed by atoms with Gasteiger partial charge < -0.3 is 5.32 Å². The third-order valence-electron chi connectivity index (χ3n) is 6.71. The first-order chi connectivity index (χ1) is 14.0. The number of hydrogen-bond donors (Lipinski definition) is 1. The molecule has 4 atom stereocenters. The minimum atomic E-state index is -0.326.